The van der Waals surface area contributed by atoms with Gasteiger partial charge >= 0.3 is 0 Å². The van der Waals surface area contributed by atoms with Crippen molar-refractivity contribution in [3.05, 3.63) is 27.8 Å². The number of rotatable bonds is 5. The summed E-state index contributed by atoms with van der Waals surface area (Å²) >= 11 is 3.53. The third kappa shape index (κ3) is 3.29. The van der Waals surface area contributed by atoms with E-state index in [2.05, 4.69) is 22.0 Å². The molecule has 0 spiro atoms. The smallest absolute Gasteiger partial charge is 0.239 e. The average molecular weight is 269 g/mol. The SMILES string of the molecule is CCc1noc([C@@H](C)SCc2cnc(C)s2)n1. The van der Waals surface area contributed by atoms with E-state index >= 15 is 0 Å². The summed E-state index contributed by atoms with van der Waals surface area (Å²) in [6.07, 6.45) is 2.75. The monoisotopic (exact) mass is 269 g/mol. The Bertz CT molecular complexity index is 481. The molecule has 4 nitrogen and oxygen atoms in total. The van der Waals surface area contributed by atoms with Crippen LogP contribution in [0.2, 0.25) is 0 Å². The van der Waals surface area contributed by atoms with Crippen LogP contribution in [0.4, 0.5) is 0 Å². The molecule has 0 radical (unpaired) electrons. The molecule has 0 bridgehead atoms. The lowest BCUT2D eigenvalue weighted by atomic mass is 10.4. The molecule has 2 aromatic heterocycles. The quantitative estimate of drug-likeness (QED) is 0.832. The largest absolute Gasteiger partial charge is 0.338 e. The summed E-state index contributed by atoms with van der Waals surface area (Å²) in [5.74, 6) is 2.44. The molecule has 6 heteroatoms. The van der Waals surface area contributed by atoms with E-state index in [1.807, 2.05) is 20.0 Å². The number of thioether (sulfide) groups is 1. The third-order valence-corrected chi connectivity index (χ3v) is 4.57. The summed E-state index contributed by atoms with van der Waals surface area (Å²) in [5.41, 5.74) is 0. The molecule has 0 aliphatic carbocycles. The van der Waals surface area contributed by atoms with Gasteiger partial charge in [0.05, 0.1) is 10.3 Å². The van der Waals surface area contributed by atoms with Crippen LogP contribution in [0.5, 0.6) is 0 Å². The molecule has 0 saturated carbocycles. The van der Waals surface area contributed by atoms with Crippen LogP contribution in [0, 0.1) is 6.92 Å². The molecular formula is C11H15N3OS2. The van der Waals surface area contributed by atoms with Gasteiger partial charge in [0, 0.05) is 23.2 Å². The number of hydrogen-bond donors (Lipinski definition) is 0. The molecule has 0 amide bonds. The van der Waals surface area contributed by atoms with E-state index in [9.17, 15) is 0 Å². The lowest BCUT2D eigenvalue weighted by molar-refractivity contribution is 0.375. The van der Waals surface area contributed by atoms with Crippen LogP contribution < -0.4 is 0 Å². The zero-order chi connectivity index (χ0) is 12.3. The van der Waals surface area contributed by atoms with Crippen LogP contribution in [-0.2, 0) is 12.2 Å². The first-order valence-electron chi connectivity index (χ1n) is 5.54. The maximum Gasteiger partial charge on any atom is 0.239 e. The van der Waals surface area contributed by atoms with E-state index in [1.54, 1.807) is 23.1 Å². The Morgan fingerprint density at radius 3 is 2.94 bits per heavy atom. The topological polar surface area (TPSA) is 51.8 Å². The minimum Gasteiger partial charge on any atom is -0.338 e. The Morgan fingerprint density at radius 2 is 2.35 bits per heavy atom. The molecule has 0 aromatic carbocycles. The molecule has 0 aliphatic heterocycles. The molecule has 2 aromatic rings. The summed E-state index contributed by atoms with van der Waals surface area (Å²) in [6, 6.07) is 0. The highest BCUT2D eigenvalue weighted by Gasteiger charge is 2.14. The number of aryl methyl sites for hydroxylation is 2. The molecule has 2 heterocycles. The van der Waals surface area contributed by atoms with Crippen LogP contribution in [0.15, 0.2) is 10.7 Å². The van der Waals surface area contributed by atoms with Crippen molar-refractivity contribution in [3.63, 3.8) is 0 Å². The van der Waals surface area contributed by atoms with Crippen molar-refractivity contribution in [3.8, 4) is 0 Å². The lowest BCUT2D eigenvalue weighted by Gasteiger charge is -2.03. The zero-order valence-electron chi connectivity index (χ0n) is 10.1. The van der Waals surface area contributed by atoms with Gasteiger partial charge in [-0.05, 0) is 13.8 Å². The Hall–Kier alpha value is -0.880. The third-order valence-electron chi connectivity index (χ3n) is 2.29. The van der Waals surface area contributed by atoms with Crippen molar-refractivity contribution >= 4 is 23.1 Å². The van der Waals surface area contributed by atoms with Crippen molar-refractivity contribution in [1.29, 1.82) is 0 Å². The van der Waals surface area contributed by atoms with Crippen molar-refractivity contribution in [1.82, 2.24) is 15.1 Å². The van der Waals surface area contributed by atoms with E-state index in [0.717, 1.165) is 23.0 Å². The van der Waals surface area contributed by atoms with Gasteiger partial charge in [0.1, 0.15) is 0 Å². The minimum absolute atomic E-state index is 0.227. The van der Waals surface area contributed by atoms with Gasteiger partial charge in [-0.1, -0.05) is 12.1 Å². The summed E-state index contributed by atoms with van der Waals surface area (Å²) in [6.45, 7) is 6.13. The van der Waals surface area contributed by atoms with Crippen molar-refractivity contribution in [2.75, 3.05) is 0 Å². The van der Waals surface area contributed by atoms with Crippen LogP contribution in [0.25, 0.3) is 0 Å². The zero-order valence-corrected chi connectivity index (χ0v) is 11.8. The van der Waals surface area contributed by atoms with Gasteiger partial charge in [-0.25, -0.2) is 4.98 Å². The first-order valence-corrected chi connectivity index (χ1v) is 7.41. The molecule has 0 aliphatic rings. The van der Waals surface area contributed by atoms with Gasteiger partial charge in [-0.3, -0.25) is 0 Å². The van der Waals surface area contributed by atoms with E-state index in [0.29, 0.717) is 5.89 Å². The summed E-state index contributed by atoms with van der Waals surface area (Å²) < 4.78 is 5.22. The maximum atomic E-state index is 5.22. The molecule has 2 rings (SSSR count). The molecule has 0 fully saturated rings. The highest BCUT2D eigenvalue weighted by atomic mass is 32.2. The van der Waals surface area contributed by atoms with Crippen LogP contribution >= 0.6 is 23.1 Å². The molecule has 17 heavy (non-hydrogen) atoms. The molecular weight excluding hydrogens is 254 g/mol. The Balaban J connectivity index is 1.90. The fourth-order valence-corrected chi connectivity index (χ4v) is 3.08. The van der Waals surface area contributed by atoms with Gasteiger partial charge in [0.15, 0.2) is 5.82 Å². The summed E-state index contributed by atoms with van der Waals surface area (Å²) in [5, 5.41) is 5.24. The van der Waals surface area contributed by atoms with Gasteiger partial charge in [-0.2, -0.15) is 4.98 Å². The summed E-state index contributed by atoms with van der Waals surface area (Å²) in [4.78, 5) is 9.86. The summed E-state index contributed by atoms with van der Waals surface area (Å²) in [7, 11) is 0. The standard InChI is InChI=1S/C11H15N3OS2/c1-4-10-13-11(15-14-10)7(2)16-6-9-5-12-8(3)17-9/h5,7H,4,6H2,1-3H3/t7-/m1/s1. The number of nitrogens with zero attached hydrogens (tertiary/aromatic N) is 3. The van der Waals surface area contributed by atoms with Gasteiger partial charge in [-0.15, -0.1) is 23.1 Å². The predicted molar refractivity (Wildman–Crippen MR) is 70.2 cm³/mol. The Morgan fingerprint density at radius 1 is 1.53 bits per heavy atom. The highest BCUT2D eigenvalue weighted by Crippen LogP contribution is 2.31. The molecule has 0 saturated heterocycles. The normalized spacial score (nSPS) is 12.9. The van der Waals surface area contributed by atoms with E-state index in [1.165, 1.54) is 4.88 Å². The second-order valence-electron chi connectivity index (χ2n) is 3.70. The molecule has 0 N–H and O–H groups in total. The maximum absolute atomic E-state index is 5.22. The molecule has 0 unspecified atom stereocenters. The van der Waals surface area contributed by atoms with E-state index in [-0.39, 0.29) is 5.25 Å². The first kappa shape index (κ1) is 12.6. The number of aromatic nitrogens is 3. The van der Waals surface area contributed by atoms with Crippen LogP contribution in [0.3, 0.4) is 0 Å². The highest BCUT2D eigenvalue weighted by molar-refractivity contribution is 7.98. The van der Waals surface area contributed by atoms with Gasteiger partial charge < -0.3 is 4.52 Å². The van der Waals surface area contributed by atoms with Gasteiger partial charge in [0.25, 0.3) is 0 Å². The number of thiazole rings is 1. The van der Waals surface area contributed by atoms with E-state index < -0.39 is 0 Å². The molecule has 92 valence electrons. The van der Waals surface area contributed by atoms with Crippen molar-refractivity contribution < 1.29 is 4.52 Å². The van der Waals surface area contributed by atoms with Crippen LogP contribution in [-0.4, -0.2) is 15.1 Å². The average Bonchev–Trinajstić information content (AvgIpc) is 2.94. The Kier molecular flexibility index (Phi) is 4.17. The fourth-order valence-electron chi connectivity index (χ4n) is 1.33. The Labute approximate surface area is 109 Å². The van der Waals surface area contributed by atoms with Gasteiger partial charge in [0.2, 0.25) is 5.89 Å². The number of hydrogen-bond acceptors (Lipinski definition) is 6. The van der Waals surface area contributed by atoms with Crippen molar-refractivity contribution in [2.24, 2.45) is 0 Å². The van der Waals surface area contributed by atoms with E-state index in [4.69, 9.17) is 4.52 Å². The van der Waals surface area contributed by atoms with Crippen molar-refractivity contribution in [2.45, 2.75) is 38.2 Å². The first-order chi connectivity index (χ1) is 8.19. The van der Waals surface area contributed by atoms with Crippen LogP contribution in [0.1, 0.15) is 40.7 Å². The predicted octanol–water partition coefficient (Wildman–Crippen LogP) is 3.39. The second kappa shape index (κ2) is 5.64. The molecule has 1 atom stereocenters. The second-order valence-corrected chi connectivity index (χ2v) is 6.35. The fraction of sp³-hybridized carbons (Fsp3) is 0.545. The minimum atomic E-state index is 0.227. The lowest BCUT2D eigenvalue weighted by Crippen LogP contribution is -1.90.